The van der Waals surface area contributed by atoms with E-state index in [-0.39, 0.29) is 11.7 Å². The number of hydrogen-bond acceptors (Lipinski definition) is 4. The largest absolute Gasteiger partial charge is 0.484 e. The molecule has 0 saturated carbocycles. The van der Waals surface area contributed by atoms with E-state index < -0.39 is 12.8 Å². The number of benzene rings is 2. The monoisotopic (exact) mass is 432 g/mol. The predicted molar refractivity (Wildman–Crippen MR) is 111 cm³/mol. The van der Waals surface area contributed by atoms with E-state index >= 15 is 0 Å². The van der Waals surface area contributed by atoms with Crippen LogP contribution in [0.15, 0.2) is 60.0 Å². The lowest BCUT2D eigenvalue weighted by Gasteiger charge is -2.29. The van der Waals surface area contributed by atoms with Gasteiger partial charge in [-0.2, -0.15) is 13.2 Å². The van der Waals surface area contributed by atoms with Gasteiger partial charge < -0.3 is 15.0 Å². The quantitative estimate of drug-likeness (QED) is 0.579. The summed E-state index contributed by atoms with van der Waals surface area (Å²) in [6, 6.07) is 15.4. The zero-order valence-corrected chi connectivity index (χ0v) is 16.7. The molecule has 0 radical (unpaired) electrons. The van der Waals surface area contributed by atoms with E-state index in [1.54, 1.807) is 11.3 Å². The number of carbonyl (C=O) groups excluding carboxylic acids is 1. The van der Waals surface area contributed by atoms with Gasteiger partial charge in [0.05, 0.1) is 0 Å². The van der Waals surface area contributed by atoms with Crippen LogP contribution in [0.5, 0.6) is 5.75 Å². The van der Waals surface area contributed by atoms with E-state index in [9.17, 15) is 18.0 Å². The van der Waals surface area contributed by atoms with Gasteiger partial charge in [-0.15, -0.1) is 11.3 Å². The Balaban J connectivity index is 1.35. The molecule has 3 aromatic rings. The van der Waals surface area contributed by atoms with Crippen molar-refractivity contribution in [2.24, 2.45) is 0 Å². The second-order valence-corrected chi connectivity index (χ2v) is 7.97. The lowest BCUT2D eigenvalue weighted by molar-refractivity contribution is -0.153. The van der Waals surface area contributed by atoms with Crippen LogP contribution in [0.4, 0.5) is 24.5 Å². The molecule has 0 bridgehead atoms. The number of alkyl halides is 3. The highest BCUT2D eigenvalue weighted by atomic mass is 32.1. The van der Waals surface area contributed by atoms with E-state index in [1.807, 2.05) is 24.3 Å². The molecule has 1 aromatic heterocycles. The van der Waals surface area contributed by atoms with Gasteiger partial charge in [0, 0.05) is 34.9 Å². The maximum atomic E-state index is 12.4. The van der Waals surface area contributed by atoms with Gasteiger partial charge in [0.25, 0.3) is 5.91 Å². The fourth-order valence-electron chi connectivity index (χ4n) is 3.30. The average molecular weight is 432 g/mol. The van der Waals surface area contributed by atoms with Crippen molar-refractivity contribution in [2.75, 3.05) is 23.4 Å². The third kappa shape index (κ3) is 4.94. The molecule has 0 unspecified atom stereocenters. The molecule has 1 aliphatic rings. The highest BCUT2D eigenvalue weighted by Gasteiger charge is 2.28. The second kappa shape index (κ2) is 8.39. The van der Waals surface area contributed by atoms with Gasteiger partial charge in [0.2, 0.25) is 0 Å². The smallest absolute Gasteiger partial charge is 0.422 e. The number of rotatable bonds is 5. The molecule has 4 nitrogen and oxygen atoms in total. The van der Waals surface area contributed by atoms with Crippen LogP contribution < -0.4 is 15.0 Å². The number of thiophene rings is 1. The van der Waals surface area contributed by atoms with Crippen molar-refractivity contribution in [1.29, 1.82) is 0 Å². The average Bonchev–Trinajstić information content (AvgIpc) is 3.20. The van der Waals surface area contributed by atoms with Crippen LogP contribution in [0.3, 0.4) is 0 Å². The zero-order chi connectivity index (χ0) is 21.1. The molecule has 8 heteroatoms. The number of nitrogens with one attached hydrogen (secondary N) is 1. The molecule has 0 atom stereocenters. The Morgan fingerprint density at radius 2 is 1.80 bits per heavy atom. The summed E-state index contributed by atoms with van der Waals surface area (Å²) in [4.78, 5) is 16.2. The fourth-order valence-corrected chi connectivity index (χ4v) is 4.19. The first-order valence-corrected chi connectivity index (χ1v) is 10.3. The number of nitrogens with zero attached hydrogens (tertiary/aromatic N) is 1. The van der Waals surface area contributed by atoms with Crippen molar-refractivity contribution in [1.82, 2.24) is 0 Å². The minimum Gasteiger partial charge on any atom is -0.484 e. The molecule has 30 heavy (non-hydrogen) atoms. The van der Waals surface area contributed by atoms with Gasteiger partial charge in [0.15, 0.2) is 6.61 Å². The van der Waals surface area contributed by atoms with E-state index in [2.05, 4.69) is 26.4 Å². The Hall–Kier alpha value is -3.00. The van der Waals surface area contributed by atoms with Gasteiger partial charge in [-0.3, -0.25) is 4.79 Å². The molecule has 0 aliphatic carbocycles. The molecule has 4 rings (SSSR count). The van der Waals surface area contributed by atoms with Crippen molar-refractivity contribution < 1.29 is 22.7 Å². The second-order valence-electron chi connectivity index (χ2n) is 6.97. The van der Waals surface area contributed by atoms with Crippen molar-refractivity contribution >= 4 is 28.6 Å². The van der Waals surface area contributed by atoms with Crippen molar-refractivity contribution in [3.63, 3.8) is 0 Å². The van der Waals surface area contributed by atoms with Gasteiger partial charge in [0.1, 0.15) is 5.75 Å². The summed E-state index contributed by atoms with van der Waals surface area (Å²) in [7, 11) is 0. The molecular weight excluding hydrogens is 413 g/mol. The van der Waals surface area contributed by atoms with Gasteiger partial charge in [-0.1, -0.05) is 0 Å². The molecule has 2 heterocycles. The molecule has 0 spiro atoms. The first-order valence-electron chi connectivity index (χ1n) is 9.39. The maximum Gasteiger partial charge on any atom is 0.422 e. The molecule has 0 fully saturated rings. The first-order chi connectivity index (χ1) is 14.4. The minimum atomic E-state index is -4.40. The Bertz CT molecular complexity index is 1010. The Labute approximate surface area is 175 Å². The van der Waals surface area contributed by atoms with Gasteiger partial charge in [-0.05, 0) is 72.0 Å². The number of anilines is 2. The molecular formula is C22H19F3N2O2S. The number of halogens is 3. The van der Waals surface area contributed by atoms with Crippen molar-refractivity contribution in [3.8, 4) is 5.75 Å². The maximum absolute atomic E-state index is 12.4. The molecule has 0 saturated heterocycles. The van der Waals surface area contributed by atoms with Crippen molar-refractivity contribution in [2.45, 2.75) is 19.1 Å². The Kier molecular flexibility index (Phi) is 5.67. The molecule has 2 aromatic carbocycles. The van der Waals surface area contributed by atoms with Crippen LogP contribution in [0.2, 0.25) is 0 Å². The Morgan fingerprint density at radius 1 is 1.07 bits per heavy atom. The zero-order valence-electron chi connectivity index (χ0n) is 15.9. The van der Waals surface area contributed by atoms with Gasteiger partial charge in [-0.25, -0.2) is 0 Å². The summed E-state index contributed by atoms with van der Waals surface area (Å²) < 4.78 is 41.2. The summed E-state index contributed by atoms with van der Waals surface area (Å²) in [5.41, 5.74) is 3.44. The number of ether oxygens (including phenoxy) is 1. The molecule has 1 amide bonds. The molecule has 156 valence electrons. The summed E-state index contributed by atoms with van der Waals surface area (Å²) in [5, 5.41) is 4.93. The highest BCUT2D eigenvalue weighted by molar-refractivity contribution is 7.10. The summed E-state index contributed by atoms with van der Waals surface area (Å²) in [6.07, 6.45) is -3.36. The van der Waals surface area contributed by atoms with E-state index in [4.69, 9.17) is 0 Å². The minimum absolute atomic E-state index is 0.0588. The van der Waals surface area contributed by atoms with Crippen LogP contribution in [-0.4, -0.2) is 25.2 Å². The summed E-state index contributed by atoms with van der Waals surface area (Å²) in [5.74, 6) is -0.283. The fraction of sp³-hybridized carbons (Fsp3) is 0.227. The third-order valence-electron chi connectivity index (χ3n) is 4.82. The first kappa shape index (κ1) is 20.3. The number of amides is 1. The van der Waals surface area contributed by atoms with Crippen LogP contribution in [0.1, 0.15) is 20.8 Å². The number of hydrogen-bond donors (Lipinski definition) is 1. The van der Waals surface area contributed by atoms with E-state index in [1.165, 1.54) is 34.7 Å². The Morgan fingerprint density at radius 3 is 2.50 bits per heavy atom. The topological polar surface area (TPSA) is 41.6 Å². The van der Waals surface area contributed by atoms with Crippen LogP contribution >= 0.6 is 11.3 Å². The van der Waals surface area contributed by atoms with E-state index in [0.717, 1.165) is 25.2 Å². The SMILES string of the molecule is O=C(Nc1ccc(N2CCc3sccc3C2)cc1)c1ccc(OCC(F)(F)F)cc1. The van der Waals surface area contributed by atoms with E-state index in [0.29, 0.717) is 11.3 Å². The predicted octanol–water partition coefficient (Wildman–Crippen LogP) is 5.50. The summed E-state index contributed by atoms with van der Waals surface area (Å²) in [6.45, 7) is 0.477. The molecule has 1 N–H and O–H groups in total. The standard InChI is InChI=1S/C22H19F3N2O2S/c23-22(24,25)14-29-19-7-1-15(2-8-19)21(28)26-17-3-5-18(6-4-17)27-11-9-20-16(13-27)10-12-30-20/h1-8,10,12H,9,11,13-14H2,(H,26,28). The van der Waals surface area contributed by atoms with Gasteiger partial charge >= 0.3 is 6.18 Å². The van der Waals surface area contributed by atoms with Crippen molar-refractivity contribution in [3.05, 3.63) is 76.0 Å². The number of fused-ring (bicyclic) bond motifs is 1. The normalized spacial score (nSPS) is 13.6. The van der Waals surface area contributed by atoms with Crippen LogP contribution in [0.25, 0.3) is 0 Å². The summed E-state index contributed by atoms with van der Waals surface area (Å²) >= 11 is 1.80. The highest BCUT2D eigenvalue weighted by Crippen LogP contribution is 2.28. The number of carbonyl (C=O) groups is 1. The lowest BCUT2D eigenvalue weighted by Crippen LogP contribution is -2.29. The van der Waals surface area contributed by atoms with Crippen LogP contribution in [0, 0.1) is 0 Å². The van der Waals surface area contributed by atoms with Crippen LogP contribution in [-0.2, 0) is 13.0 Å². The molecule has 1 aliphatic heterocycles. The lowest BCUT2D eigenvalue weighted by atomic mass is 10.1. The third-order valence-corrected chi connectivity index (χ3v) is 5.84.